The van der Waals surface area contributed by atoms with Crippen LogP contribution in [-0.2, 0) is 28.8 Å². The van der Waals surface area contributed by atoms with Gasteiger partial charge < -0.3 is 42.9 Å². The number of aliphatic carboxylic acids is 1. The number of hydrogen-bond donors (Lipinski definition) is 7. The Morgan fingerprint density at radius 2 is 1.69 bits per heavy atom. The molecule has 5 amide bonds. The van der Waals surface area contributed by atoms with E-state index in [-0.39, 0.29) is 25.8 Å². The van der Waals surface area contributed by atoms with E-state index in [2.05, 4.69) is 10.6 Å². The number of amides is 5. The number of hydrogen-bond acceptors (Lipinski definition) is 8. The summed E-state index contributed by atoms with van der Waals surface area (Å²) in [5.74, 6) is -5.57. The Kier molecular flexibility index (Phi) is 10.00. The molecular formula is C18H30N6O8. The van der Waals surface area contributed by atoms with Gasteiger partial charge in [-0.05, 0) is 26.2 Å². The average molecular weight is 458 g/mol. The standard InChI is InChI=1S/C18H30N6O8/c1-8(25)14(21)17(30)24-6-2-3-11(24)16(29)23-10(7-13(20)27)15(28)22-9(18(31)32)4-5-12(19)26/h8-11,14,25H,2-7,21H2,1H3,(H2,19,26)(H2,20,27)(H,22,28)(H,23,29)(H,31,32). The third kappa shape index (κ3) is 7.77. The van der Waals surface area contributed by atoms with Crippen LogP contribution >= 0.6 is 0 Å². The summed E-state index contributed by atoms with van der Waals surface area (Å²) in [5.41, 5.74) is 15.8. The Bertz CT molecular complexity index is 758. The maximum absolute atomic E-state index is 12.8. The fourth-order valence-corrected chi connectivity index (χ4v) is 3.20. The summed E-state index contributed by atoms with van der Waals surface area (Å²) in [6.45, 7) is 1.54. The number of carbonyl (C=O) groups is 6. The number of aliphatic hydroxyl groups is 1. The van der Waals surface area contributed by atoms with Gasteiger partial charge in [-0.1, -0.05) is 0 Å². The fraction of sp³-hybridized carbons (Fsp3) is 0.667. The second-order valence-electron chi connectivity index (χ2n) is 7.59. The molecule has 5 atom stereocenters. The molecular weight excluding hydrogens is 428 g/mol. The SMILES string of the molecule is CC(O)C(N)C(=O)N1CCCC1C(=O)NC(CC(N)=O)C(=O)NC(CCC(N)=O)C(=O)O. The first-order chi connectivity index (χ1) is 14.8. The van der Waals surface area contributed by atoms with Crippen molar-refractivity contribution in [3.05, 3.63) is 0 Å². The number of carboxylic acid groups (broad SMARTS) is 1. The van der Waals surface area contributed by atoms with Crippen molar-refractivity contribution in [2.45, 2.75) is 69.3 Å². The van der Waals surface area contributed by atoms with E-state index < -0.39 is 72.2 Å². The largest absolute Gasteiger partial charge is 0.480 e. The van der Waals surface area contributed by atoms with Gasteiger partial charge in [-0.15, -0.1) is 0 Å². The normalized spacial score (nSPS) is 19.3. The Hall–Kier alpha value is -3.26. The second-order valence-corrected chi connectivity index (χ2v) is 7.59. The molecule has 0 bridgehead atoms. The molecule has 14 nitrogen and oxygen atoms in total. The highest BCUT2D eigenvalue weighted by molar-refractivity contribution is 5.96. The summed E-state index contributed by atoms with van der Waals surface area (Å²) < 4.78 is 0. The van der Waals surface area contributed by atoms with Gasteiger partial charge in [-0.25, -0.2) is 4.79 Å². The highest BCUT2D eigenvalue weighted by atomic mass is 16.4. The predicted molar refractivity (Wildman–Crippen MR) is 108 cm³/mol. The molecule has 0 aromatic carbocycles. The van der Waals surface area contributed by atoms with Crippen molar-refractivity contribution in [3.63, 3.8) is 0 Å². The number of aliphatic hydroxyl groups excluding tert-OH is 1. The Morgan fingerprint density at radius 3 is 2.19 bits per heavy atom. The quantitative estimate of drug-likeness (QED) is 0.150. The van der Waals surface area contributed by atoms with E-state index >= 15 is 0 Å². The topological polar surface area (TPSA) is 248 Å². The lowest BCUT2D eigenvalue weighted by atomic mass is 10.1. The van der Waals surface area contributed by atoms with Crippen LogP contribution in [0, 0.1) is 0 Å². The molecule has 0 aliphatic carbocycles. The molecule has 32 heavy (non-hydrogen) atoms. The zero-order valence-electron chi connectivity index (χ0n) is 17.7. The number of nitrogens with one attached hydrogen (secondary N) is 2. The van der Waals surface area contributed by atoms with Crippen molar-refractivity contribution in [2.75, 3.05) is 6.54 Å². The van der Waals surface area contributed by atoms with Crippen LogP contribution in [0.2, 0.25) is 0 Å². The fourth-order valence-electron chi connectivity index (χ4n) is 3.20. The van der Waals surface area contributed by atoms with Crippen molar-refractivity contribution in [1.82, 2.24) is 15.5 Å². The minimum Gasteiger partial charge on any atom is -0.480 e. The van der Waals surface area contributed by atoms with E-state index in [0.29, 0.717) is 6.42 Å². The first-order valence-electron chi connectivity index (χ1n) is 9.99. The van der Waals surface area contributed by atoms with Gasteiger partial charge in [0.1, 0.15) is 24.2 Å². The number of carboxylic acids is 1. The maximum Gasteiger partial charge on any atom is 0.326 e. The monoisotopic (exact) mass is 458 g/mol. The third-order valence-electron chi connectivity index (χ3n) is 4.98. The van der Waals surface area contributed by atoms with Crippen molar-refractivity contribution >= 4 is 35.5 Å². The van der Waals surface area contributed by atoms with Gasteiger partial charge in [0.05, 0.1) is 12.5 Å². The van der Waals surface area contributed by atoms with Gasteiger partial charge in [0.15, 0.2) is 0 Å². The summed E-state index contributed by atoms with van der Waals surface area (Å²) in [6.07, 6.45) is -1.66. The smallest absolute Gasteiger partial charge is 0.326 e. The lowest BCUT2D eigenvalue weighted by Gasteiger charge is -2.29. The number of rotatable bonds is 12. The van der Waals surface area contributed by atoms with Crippen molar-refractivity contribution in [2.24, 2.45) is 17.2 Å². The van der Waals surface area contributed by atoms with Crippen molar-refractivity contribution in [1.29, 1.82) is 0 Å². The van der Waals surface area contributed by atoms with Gasteiger partial charge in [-0.3, -0.25) is 24.0 Å². The third-order valence-corrected chi connectivity index (χ3v) is 4.98. The lowest BCUT2D eigenvalue weighted by molar-refractivity contribution is -0.144. The van der Waals surface area contributed by atoms with E-state index in [0.717, 1.165) is 0 Å². The lowest BCUT2D eigenvalue weighted by Crippen LogP contribution is -2.58. The zero-order chi connectivity index (χ0) is 24.6. The summed E-state index contributed by atoms with van der Waals surface area (Å²) in [7, 11) is 0. The number of carbonyl (C=O) groups excluding carboxylic acids is 5. The van der Waals surface area contributed by atoms with Gasteiger partial charge in [0.2, 0.25) is 29.5 Å². The molecule has 1 aliphatic heterocycles. The van der Waals surface area contributed by atoms with Crippen LogP contribution in [0.15, 0.2) is 0 Å². The predicted octanol–water partition coefficient (Wildman–Crippen LogP) is -4.12. The van der Waals surface area contributed by atoms with E-state index in [1.165, 1.54) is 11.8 Å². The van der Waals surface area contributed by atoms with E-state index in [1.54, 1.807) is 0 Å². The zero-order valence-corrected chi connectivity index (χ0v) is 17.7. The van der Waals surface area contributed by atoms with E-state index in [9.17, 15) is 39.0 Å². The van der Waals surface area contributed by atoms with Crippen LogP contribution in [0.25, 0.3) is 0 Å². The molecule has 1 saturated heterocycles. The molecule has 0 saturated carbocycles. The van der Waals surface area contributed by atoms with Gasteiger partial charge in [0.25, 0.3) is 0 Å². The summed E-state index contributed by atoms with van der Waals surface area (Å²) in [6, 6.07) is -5.25. The van der Waals surface area contributed by atoms with Crippen molar-refractivity contribution in [3.8, 4) is 0 Å². The molecule has 14 heteroatoms. The molecule has 0 aromatic heterocycles. The molecule has 0 aromatic rings. The number of nitrogens with zero attached hydrogens (tertiary/aromatic N) is 1. The molecule has 1 heterocycles. The summed E-state index contributed by atoms with van der Waals surface area (Å²) in [4.78, 5) is 72.6. The number of primary amides is 2. The minimum atomic E-state index is -1.52. The molecule has 0 radical (unpaired) electrons. The molecule has 1 rings (SSSR count). The number of nitrogens with two attached hydrogens (primary N) is 3. The molecule has 1 fully saturated rings. The highest BCUT2D eigenvalue weighted by Crippen LogP contribution is 2.19. The Balaban J connectivity index is 2.93. The summed E-state index contributed by atoms with van der Waals surface area (Å²) >= 11 is 0. The first-order valence-corrected chi connectivity index (χ1v) is 9.99. The van der Waals surface area contributed by atoms with Gasteiger partial charge in [-0.2, -0.15) is 0 Å². The maximum atomic E-state index is 12.8. The molecule has 0 spiro atoms. The van der Waals surface area contributed by atoms with E-state index in [1.807, 2.05) is 0 Å². The van der Waals surface area contributed by atoms with Crippen LogP contribution in [0.3, 0.4) is 0 Å². The molecule has 1 aliphatic rings. The van der Waals surface area contributed by atoms with Gasteiger partial charge >= 0.3 is 5.97 Å². The molecule has 180 valence electrons. The highest BCUT2D eigenvalue weighted by Gasteiger charge is 2.39. The first kappa shape index (κ1) is 26.8. The van der Waals surface area contributed by atoms with Crippen LogP contribution < -0.4 is 27.8 Å². The Labute approximate surface area is 183 Å². The molecule has 5 unspecified atom stereocenters. The van der Waals surface area contributed by atoms with Crippen LogP contribution in [0.5, 0.6) is 0 Å². The van der Waals surface area contributed by atoms with Gasteiger partial charge in [0, 0.05) is 13.0 Å². The van der Waals surface area contributed by atoms with Crippen LogP contribution in [0.4, 0.5) is 0 Å². The summed E-state index contributed by atoms with van der Waals surface area (Å²) in [5, 5.41) is 23.2. The second kappa shape index (κ2) is 12.0. The van der Waals surface area contributed by atoms with Crippen LogP contribution in [-0.4, -0.2) is 87.4 Å². The average Bonchev–Trinajstić information content (AvgIpc) is 3.18. The number of likely N-dealkylation sites (tertiary alicyclic amines) is 1. The Morgan fingerprint density at radius 1 is 1.06 bits per heavy atom. The minimum absolute atomic E-state index is 0.207. The van der Waals surface area contributed by atoms with Crippen LogP contribution in [0.1, 0.15) is 39.0 Å². The van der Waals surface area contributed by atoms with Crippen molar-refractivity contribution < 1.29 is 39.0 Å². The molecule has 10 N–H and O–H groups in total. The van der Waals surface area contributed by atoms with E-state index in [4.69, 9.17) is 17.2 Å².